The van der Waals surface area contributed by atoms with Crippen LogP contribution in [0.3, 0.4) is 0 Å². The number of amides is 4. The van der Waals surface area contributed by atoms with Gasteiger partial charge in [-0.2, -0.15) is 0 Å². The molecule has 0 aliphatic carbocycles. The van der Waals surface area contributed by atoms with Gasteiger partial charge in [0.05, 0.1) is 11.3 Å². The van der Waals surface area contributed by atoms with Gasteiger partial charge >= 0.3 is 6.03 Å². The third-order valence-electron chi connectivity index (χ3n) is 7.61. The molecule has 2 aliphatic rings. The van der Waals surface area contributed by atoms with Crippen LogP contribution >= 0.6 is 0 Å². The lowest BCUT2D eigenvalue weighted by molar-refractivity contribution is -0.120. The molecule has 0 spiro atoms. The number of hydrogen-bond acceptors (Lipinski definition) is 3. The first kappa shape index (κ1) is 23.9. The zero-order valence-electron chi connectivity index (χ0n) is 21.1. The molecule has 2 N–H and O–H groups in total. The number of fused-ring (bicyclic) bond motifs is 4. The number of nitrogens with zero attached hydrogens (tertiary/aromatic N) is 2. The molecule has 192 valence electrons. The molecule has 4 amide bonds. The Morgan fingerprint density at radius 3 is 2.53 bits per heavy atom. The number of nitrogens with one attached hydrogen (secondary N) is 2. The summed E-state index contributed by atoms with van der Waals surface area (Å²) in [4.78, 5) is 47.3. The number of carbonyl (C=O) groups is 3. The van der Waals surface area contributed by atoms with Crippen molar-refractivity contribution < 1.29 is 18.8 Å². The molecule has 1 aromatic heterocycles. The molecular weight excluding hydrogens is 483 g/mol. The second kappa shape index (κ2) is 9.13. The molecule has 1 fully saturated rings. The number of hydrogen-bond donors (Lipinski definition) is 2. The quantitative estimate of drug-likeness (QED) is 0.357. The maximum atomic E-state index is 14.1. The van der Waals surface area contributed by atoms with E-state index in [0.29, 0.717) is 12.0 Å². The van der Waals surface area contributed by atoms with Crippen LogP contribution in [-0.2, 0) is 11.2 Å². The summed E-state index contributed by atoms with van der Waals surface area (Å²) in [6.07, 6.45) is 1.08. The number of carbonyl (C=O) groups excluding carboxylic acids is 3. The number of imide groups is 1. The van der Waals surface area contributed by atoms with E-state index in [-0.39, 0.29) is 34.9 Å². The summed E-state index contributed by atoms with van der Waals surface area (Å²) >= 11 is 0. The zero-order chi connectivity index (χ0) is 26.6. The Labute approximate surface area is 219 Å². The van der Waals surface area contributed by atoms with Crippen molar-refractivity contribution in [1.82, 2.24) is 15.2 Å². The third kappa shape index (κ3) is 3.67. The number of anilines is 1. The van der Waals surface area contributed by atoms with Crippen LogP contribution in [-0.4, -0.2) is 39.8 Å². The van der Waals surface area contributed by atoms with Crippen LogP contribution < -0.4 is 10.2 Å². The number of benzene rings is 3. The van der Waals surface area contributed by atoms with Crippen LogP contribution in [0.5, 0.6) is 0 Å². The van der Waals surface area contributed by atoms with Gasteiger partial charge in [-0.05, 0) is 54.8 Å². The molecule has 1 saturated heterocycles. The van der Waals surface area contributed by atoms with Gasteiger partial charge in [-0.25, -0.2) is 14.1 Å². The van der Waals surface area contributed by atoms with Crippen LogP contribution in [0.2, 0.25) is 0 Å². The average Bonchev–Trinajstić information content (AvgIpc) is 3.42. The normalized spacial score (nSPS) is 19.4. The SMILES string of the molecule is CC[C@@H](C)NC(=O)c1ccccc1N1C(=O)[C@@H]2Cc3c([nH]c4ccccc34)[C@H](c3ccc(F)cc3)N2C1=O. The Bertz CT molecular complexity index is 1580. The fraction of sp³-hybridized carbons (Fsp3) is 0.233. The van der Waals surface area contributed by atoms with Gasteiger partial charge in [0.1, 0.15) is 17.9 Å². The van der Waals surface area contributed by atoms with Gasteiger partial charge < -0.3 is 10.3 Å². The molecule has 3 aromatic carbocycles. The minimum Gasteiger partial charge on any atom is -0.356 e. The van der Waals surface area contributed by atoms with Crippen molar-refractivity contribution >= 4 is 34.4 Å². The highest BCUT2D eigenvalue weighted by Crippen LogP contribution is 2.45. The van der Waals surface area contributed by atoms with Crippen molar-refractivity contribution in [2.45, 2.75) is 44.8 Å². The predicted octanol–water partition coefficient (Wildman–Crippen LogP) is 5.32. The smallest absolute Gasteiger partial charge is 0.332 e. The van der Waals surface area contributed by atoms with Crippen LogP contribution in [0.4, 0.5) is 14.9 Å². The Hall–Kier alpha value is -4.46. The summed E-state index contributed by atoms with van der Waals surface area (Å²) in [5.41, 5.74) is 3.88. The predicted molar refractivity (Wildman–Crippen MR) is 142 cm³/mol. The number of halogens is 1. The van der Waals surface area contributed by atoms with E-state index in [1.54, 1.807) is 41.3 Å². The second-order valence-electron chi connectivity index (χ2n) is 9.90. The van der Waals surface area contributed by atoms with E-state index in [1.165, 1.54) is 12.1 Å². The van der Waals surface area contributed by atoms with E-state index in [0.717, 1.165) is 33.5 Å². The van der Waals surface area contributed by atoms with Gasteiger partial charge in [0, 0.05) is 29.1 Å². The first-order chi connectivity index (χ1) is 18.4. The Kier molecular flexibility index (Phi) is 5.75. The van der Waals surface area contributed by atoms with Gasteiger partial charge in [-0.3, -0.25) is 14.5 Å². The molecule has 0 bridgehead atoms. The number of H-pyrrole nitrogens is 1. The van der Waals surface area contributed by atoms with Gasteiger partial charge in [0.15, 0.2) is 0 Å². The lowest BCUT2D eigenvalue weighted by atomic mass is 9.89. The third-order valence-corrected chi connectivity index (χ3v) is 7.61. The molecule has 8 heteroatoms. The topological polar surface area (TPSA) is 85.5 Å². The van der Waals surface area contributed by atoms with E-state index < -0.39 is 18.1 Å². The minimum absolute atomic E-state index is 0.0620. The summed E-state index contributed by atoms with van der Waals surface area (Å²) in [6.45, 7) is 3.87. The summed E-state index contributed by atoms with van der Waals surface area (Å²) in [5.74, 6) is -1.11. The molecule has 0 saturated carbocycles. The maximum Gasteiger partial charge on any atom is 0.332 e. The highest BCUT2D eigenvalue weighted by atomic mass is 19.1. The molecule has 38 heavy (non-hydrogen) atoms. The number of aromatic amines is 1. The molecule has 6 rings (SSSR count). The van der Waals surface area contributed by atoms with E-state index in [1.807, 2.05) is 38.1 Å². The second-order valence-corrected chi connectivity index (χ2v) is 9.90. The maximum absolute atomic E-state index is 14.1. The van der Waals surface area contributed by atoms with E-state index in [4.69, 9.17) is 0 Å². The standard InChI is InChI=1S/C30H27FN4O3/c1-3-17(2)32-28(36)21-9-5-7-11-24(21)35-29(37)25-16-22-20-8-4-6-10-23(20)33-26(22)27(34(25)30(35)38)18-12-14-19(31)15-13-18/h4-15,17,25,27,33H,3,16H2,1-2H3,(H,32,36)/t17-,25+,27+/m1/s1. The van der Waals surface area contributed by atoms with Crippen LogP contribution in [0.1, 0.15) is 53.5 Å². The van der Waals surface area contributed by atoms with E-state index in [2.05, 4.69) is 10.3 Å². The molecule has 3 atom stereocenters. The molecule has 0 radical (unpaired) electrons. The number of rotatable bonds is 5. The molecular formula is C30H27FN4O3. The number of urea groups is 1. The molecule has 0 unspecified atom stereocenters. The largest absolute Gasteiger partial charge is 0.356 e. The van der Waals surface area contributed by atoms with Crippen LogP contribution in [0.15, 0.2) is 72.8 Å². The van der Waals surface area contributed by atoms with Crippen molar-refractivity contribution in [3.63, 3.8) is 0 Å². The Balaban J connectivity index is 1.48. The van der Waals surface area contributed by atoms with E-state index in [9.17, 15) is 18.8 Å². The van der Waals surface area contributed by atoms with Gasteiger partial charge in [-0.15, -0.1) is 0 Å². The molecule has 4 aromatic rings. The zero-order valence-corrected chi connectivity index (χ0v) is 21.1. The first-order valence-electron chi connectivity index (χ1n) is 12.8. The molecule has 3 heterocycles. The lowest BCUT2D eigenvalue weighted by Gasteiger charge is -2.36. The van der Waals surface area contributed by atoms with Crippen molar-refractivity contribution in [2.75, 3.05) is 4.90 Å². The van der Waals surface area contributed by atoms with Crippen molar-refractivity contribution in [1.29, 1.82) is 0 Å². The molecule has 7 nitrogen and oxygen atoms in total. The van der Waals surface area contributed by atoms with E-state index >= 15 is 0 Å². The Morgan fingerprint density at radius 2 is 1.76 bits per heavy atom. The number of para-hydroxylation sites is 2. The highest BCUT2D eigenvalue weighted by Gasteiger charge is 2.53. The monoisotopic (exact) mass is 510 g/mol. The summed E-state index contributed by atoms with van der Waals surface area (Å²) in [6, 6.07) is 18.5. The van der Waals surface area contributed by atoms with Gasteiger partial charge in [0.2, 0.25) is 0 Å². The van der Waals surface area contributed by atoms with Gasteiger partial charge in [-0.1, -0.05) is 49.4 Å². The lowest BCUT2D eigenvalue weighted by Crippen LogP contribution is -2.44. The Morgan fingerprint density at radius 1 is 1.05 bits per heavy atom. The van der Waals surface area contributed by atoms with Crippen molar-refractivity contribution in [3.8, 4) is 0 Å². The summed E-state index contributed by atoms with van der Waals surface area (Å²) in [5, 5.41) is 3.92. The first-order valence-corrected chi connectivity index (χ1v) is 12.8. The number of aromatic nitrogens is 1. The molecule has 2 aliphatic heterocycles. The van der Waals surface area contributed by atoms with Crippen molar-refractivity contribution in [3.05, 3.63) is 101 Å². The minimum atomic E-state index is -0.769. The van der Waals surface area contributed by atoms with Crippen LogP contribution in [0, 0.1) is 5.82 Å². The summed E-state index contributed by atoms with van der Waals surface area (Å²) in [7, 11) is 0. The average molecular weight is 511 g/mol. The van der Waals surface area contributed by atoms with Crippen LogP contribution in [0.25, 0.3) is 10.9 Å². The van der Waals surface area contributed by atoms with Crippen molar-refractivity contribution in [2.24, 2.45) is 0 Å². The fourth-order valence-corrected chi connectivity index (χ4v) is 5.55. The fourth-order valence-electron chi connectivity index (χ4n) is 5.55. The highest BCUT2D eigenvalue weighted by molar-refractivity contribution is 6.24. The summed E-state index contributed by atoms with van der Waals surface area (Å²) < 4.78 is 13.9. The van der Waals surface area contributed by atoms with Gasteiger partial charge in [0.25, 0.3) is 11.8 Å².